The molecule has 2 nitrogen and oxygen atoms in total. The lowest BCUT2D eigenvalue weighted by Crippen LogP contribution is -2.07. The fraction of sp³-hybridized carbons (Fsp3) is 0.300. The van der Waals surface area contributed by atoms with Gasteiger partial charge >= 0.3 is 0 Å². The van der Waals surface area contributed by atoms with Gasteiger partial charge in [-0.1, -0.05) is 17.7 Å². The van der Waals surface area contributed by atoms with Crippen LogP contribution in [-0.2, 0) is 0 Å². The largest absolute Gasteiger partial charge is 0.344 e. The highest BCUT2D eigenvalue weighted by molar-refractivity contribution is 6.30. The van der Waals surface area contributed by atoms with Crippen LogP contribution in [-0.4, -0.2) is 12.4 Å². The summed E-state index contributed by atoms with van der Waals surface area (Å²) in [5, 5.41) is 4.00. The Morgan fingerprint density at radius 1 is 1.36 bits per heavy atom. The summed E-state index contributed by atoms with van der Waals surface area (Å²) < 4.78 is 0. The number of nitrogens with zero attached hydrogens (tertiary/aromatic N) is 1. The molecule has 14 heavy (non-hydrogen) atoms. The number of aliphatic imine (C=N–C) groups is 1. The van der Waals surface area contributed by atoms with Crippen molar-refractivity contribution in [1.29, 1.82) is 0 Å². The van der Waals surface area contributed by atoms with E-state index in [0.29, 0.717) is 0 Å². The third-order valence-corrected chi connectivity index (χ3v) is 2.22. The predicted molar refractivity (Wildman–Crippen MR) is 63.9 cm³/mol. The van der Waals surface area contributed by atoms with E-state index in [9.17, 15) is 0 Å². The second kappa shape index (κ2) is 5.23. The van der Waals surface area contributed by atoms with Crippen LogP contribution in [0, 0.1) is 0 Å². The Morgan fingerprint density at radius 2 is 2.21 bits per heavy atom. The van der Waals surface area contributed by atoms with Crippen molar-refractivity contribution in [3.8, 4) is 0 Å². The van der Waals surface area contributed by atoms with Gasteiger partial charge in [0.25, 0.3) is 0 Å². The molecule has 4 heteroatoms. The summed E-state index contributed by atoms with van der Waals surface area (Å²) in [4.78, 5) is 4.32. The molecule has 0 saturated carbocycles. The molecular formula is C10H12Cl2N2. The van der Waals surface area contributed by atoms with Gasteiger partial charge < -0.3 is 5.32 Å². The zero-order valence-electron chi connectivity index (χ0n) is 7.66. The molecule has 0 atom stereocenters. The maximum atomic E-state index is 5.85. The molecule has 1 aliphatic heterocycles. The average Bonchev–Trinajstić information content (AvgIpc) is 2.57. The predicted octanol–water partition coefficient (Wildman–Crippen LogP) is 3.37. The summed E-state index contributed by atoms with van der Waals surface area (Å²) >= 11 is 5.85. The second-order valence-electron chi connectivity index (χ2n) is 3.07. The molecule has 1 aromatic rings. The first-order chi connectivity index (χ1) is 6.34. The van der Waals surface area contributed by atoms with Gasteiger partial charge in [-0.3, -0.25) is 4.99 Å². The van der Waals surface area contributed by atoms with Gasteiger partial charge in [-0.2, -0.15) is 0 Å². The van der Waals surface area contributed by atoms with Gasteiger partial charge in [0, 0.05) is 23.7 Å². The molecule has 0 aromatic heterocycles. The topological polar surface area (TPSA) is 24.4 Å². The number of halogens is 2. The van der Waals surface area contributed by atoms with E-state index in [1.54, 1.807) is 0 Å². The Hall–Kier alpha value is -0.730. The van der Waals surface area contributed by atoms with Crippen LogP contribution in [0.5, 0.6) is 0 Å². The Morgan fingerprint density at radius 3 is 2.86 bits per heavy atom. The van der Waals surface area contributed by atoms with E-state index in [1.807, 2.05) is 24.3 Å². The van der Waals surface area contributed by atoms with Crippen molar-refractivity contribution < 1.29 is 0 Å². The van der Waals surface area contributed by atoms with E-state index in [0.717, 1.165) is 35.9 Å². The van der Waals surface area contributed by atoms with Crippen molar-refractivity contribution >= 4 is 35.5 Å². The van der Waals surface area contributed by atoms with E-state index in [2.05, 4.69) is 10.3 Å². The summed E-state index contributed by atoms with van der Waals surface area (Å²) in [6.45, 7) is 0.947. The summed E-state index contributed by atoms with van der Waals surface area (Å²) in [5.74, 6) is 1.07. The van der Waals surface area contributed by atoms with Crippen molar-refractivity contribution in [2.75, 3.05) is 11.9 Å². The first kappa shape index (κ1) is 11.3. The van der Waals surface area contributed by atoms with Crippen LogP contribution in [0.15, 0.2) is 29.3 Å². The molecule has 0 aliphatic carbocycles. The lowest BCUT2D eigenvalue weighted by Gasteiger charge is -2.04. The normalized spacial score (nSPS) is 14.5. The Labute approximate surface area is 94.8 Å². The summed E-state index contributed by atoms with van der Waals surface area (Å²) in [7, 11) is 0. The van der Waals surface area contributed by atoms with E-state index in [-0.39, 0.29) is 12.4 Å². The van der Waals surface area contributed by atoms with E-state index in [1.165, 1.54) is 0 Å². The lowest BCUT2D eigenvalue weighted by atomic mass is 10.3. The maximum Gasteiger partial charge on any atom is 0.101 e. The number of amidine groups is 1. The standard InChI is InChI=1S/C10H11ClN2.ClH/c11-8-3-1-4-9(7-8)13-10-5-2-6-12-10;/h1,3-4,7H,2,5-6H2,(H,12,13);1H. The smallest absolute Gasteiger partial charge is 0.101 e. The van der Waals surface area contributed by atoms with Crippen LogP contribution in [0.25, 0.3) is 0 Å². The quantitative estimate of drug-likeness (QED) is 0.787. The van der Waals surface area contributed by atoms with Crippen molar-refractivity contribution in [2.24, 2.45) is 4.99 Å². The van der Waals surface area contributed by atoms with Crippen LogP contribution < -0.4 is 5.32 Å². The van der Waals surface area contributed by atoms with Crippen LogP contribution in [0.3, 0.4) is 0 Å². The highest BCUT2D eigenvalue weighted by atomic mass is 35.5. The molecular weight excluding hydrogens is 219 g/mol. The second-order valence-corrected chi connectivity index (χ2v) is 3.50. The number of nitrogens with one attached hydrogen (secondary N) is 1. The molecule has 1 aliphatic rings. The number of anilines is 1. The van der Waals surface area contributed by atoms with Gasteiger partial charge in [0.05, 0.1) is 0 Å². The average molecular weight is 231 g/mol. The molecule has 1 heterocycles. The van der Waals surface area contributed by atoms with E-state index < -0.39 is 0 Å². The summed E-state index contributed by atoms with van der Waals surface area (Å²) in [6.07, 6.45) is 2.20. The van der Waals surface area contributed by atoms with E-state index in [4.69, 9.17) is 11.6 Å². The molecule has 2 rings (SSSR count). The van der Waals surface area contributed by atoms with Gasteiger partial charge in [0.2, 0.25) is 0 Å². The van der Waals surface area contributed by atoms with Gasteiger partial charge in [0.1, 0.15) is 5.84 Å². The zero-order chi connectivity index (χ0) is 9.10. The third kappa shape index (κ3) is 2.89. The summed E-state index contributed by atoms with van der Waals surface area (Å²) in [5.41, 5.74) is 1.02. The Bertz CT molecular complexity index is 337. The number of benzene rings is 1. The monoisotopic (exact) mass is 230 g/mol. The molecule has 0 radical (unpaired) electrons. The summed E-state index contributed by atoms with van der Waals surface area (Å²) in [6, 6.07) is 7.69. The molecule has 0 spiro atoms. The van der Waals surface area contributed by atoms with Gasteiger partial charge in [-0.05, 0) is 24.6 Å². The molecule has 0 amide bonds. The lowest BCUT2D eigenvalue weighted by molar-refractivity contribution is 0.951. The minimum absolute atomic E-state index is 0. The molecule has 0 unspecified atom stereocenters. The van der Waals surface area contributed by atoms with Crippen LogP contribution in [0.1, 0.15) is 12.8 Å². The van der Waals surface area contributed by atoms with Crippen LogP contribution >= 0.6 is 24.0 Å². The molecule has 0 saturated heterocycles. The first-order valence-electron chi connectivity index (χ1n) is 4.40. The molecule has 0 bridgehead atoms. The highest BCUT2D eigenvalue weighted by Crippen LogP contribution is 2.16. The van der Waals surface area contributed by atoms with Crippen LogP contribution in [0.4, 0.5) is 5.69 Å². The van der Waals surface area contributed by atoms with Crippen molar-refractivity contribution in [1.82, 2.24) is 0 Å². The molecule has 1 aromatic carbocycles. The third-order valence-electron chi connectivity index (χ3n) is 1.99. The number of rotatable bonds is 1. The molecule has 0 fully saturated rings. The van der Waals surface area contributed by atoms with Crippen molar-refractivity contribution in [2.45, 2.75) is 12.8 Å². The maximum absolute atomic E-state index is 5.85. The number of hydrogen-bond donors (Lipinski definition) is 1. The minimum Gasteiger partial charge on any atom is -0.344 e. The van der Waals surface area contributed by atoms with Gasteiger partial charge in [0.15, 0.2) is 0 Å². The van der Waals surface area contributed by atoms with Crippen LogP contribution in [0.2, 0.25) is 5.02 Å². The van der Waals surface area contributed by atoms with E-state index >= 15 is 0 Å². The highest BCUT2D eigenvalue weighted by Gasteiger charge is 2.05. The Balaban J connectivity index is 0.000000980. The zero-order valence-corrected chi connectivity index (χ0v) is 9.24. The fourth-order valence-corrected chi connectivity index (χ4v) is 1.56. The SMILES string of the molecule is Cl.Clc1cccc(NC2=NCCC2)c1. The first-order valence-corrected chi connectivity index (χ1v) is 4.78. The molecule has 1 N–H and O–H groups in total. The van der Waals surface area contributed by atoms with Gasteiger partial charge in [-0.25, -0.2) is 0 Å². The Kier molecular flexibility index (Phi) is 4.23. The fourth-order valence-electron chi connectivity index (χ4n) is 1.37. The number of hydrogen-bond acceptors (Lipinski definition) is 2. The van der Waals surface area contributed by atoms with Gasteiger partial charge in [-0.15, -0.1) is 12.4 Å². The van der Waals surface area contributed by atoms with Crippen molar-refractivity contribution in [3.63, 3.8) is 0 Å². The molecule has 76 valence electrons. The van der Waals surface area contributed by atoms with Crippen molar-refractivity contribution in [3.05, 3.63) is 29.3 Å². The minimum atomic E-state index is 0.